The van der Waals surface area contributed by atoms with Crippen LogP contribution in [0.2, 0.25) is 0 Å². The molecule has 0 bridgehead atoms. The average molecular weight is 716 g/mol. The number of hydrogen-bond donors (Lipinski definition) is 1. The lowest BCUT2D eigenvalue weighted by Gasteiger charge is -2.64. The van der Waals surface area contributed by atoms with Crippen molar-refractivity contribution in [3.63, 3.8) is 0 Å². The Labute approximate surface area is 312 Å². The van der Waals surface area contributed by atoms with Crippen LogP contribution in [0.25, 0.3) is 0 Å². The van der Waals surface area contributed by atoms with Gasteiger partial charge in [-0.2, -0.15) is 0 Å². The number of aliphatic hydroxyl groups is 1. The standard InChI is InChI=1S/C44H77NO6/c1-8-10-12-14-16-18-26-45(27-19-17-15-13-11-9-2)41(49)23-20-31(3)36-21-22-37-42-38(30-40(48)44(36,37)7)43(6)25-24-35(50-32(4)46)28-34(43)29-39(42)51-33(5)47/h31,34-40,42,48H,8-30H2,1-7H3/t31-,34+,35-,36-,37+,38+,39-,40+,42+,43+,44-/m1/s1. The van der Waals surface area contributed by atoms with Gasteiger partial charge in [0.15, 0.2) is 0 Å². The molecule has 0 spiro atoms. The predicted molar refractivity (Wildman–Crippen MR) is 205 cm³/mol. The highest BCUT2D eigenvalue weighted by molar-refractivity contribution is 5.76. The second-order valence-corrected chi connectivity index (χ2v) is 18.1. The molecule has 0 saturated heterocycles. The molecule has 7 nitrogen and oxygen atoms in total. The van der Waals surface area contributed by atoms with Crippen LogP contribution in [0.4, 0.5) is 0 Å². The quantitative estimate of drug-likeness (QED) is 0.0997. The summed E-state index contributed by atoms with van der Waals surface area (Å²) in [5.74, 6) is 1.58. The lowest BCUT2D eigenvalue weighted by molar-refractivity contribution is -0.218. The lowest BCUT2D eigenvalue weighted by Crippen LogP contribution is -2.63. The third-order valence-corrected chi connectivity index (χ3v) is 14.9. The largest absolute Gasteiger partial charge is 0.463 e. The van der Waals surface area contributed by atoms with Crippen LogP contribution in [0.15, 0.2) is 0 Å². The Balaban J connectivity index is 1.42. The second-order valence-electron chi connectivity index (χ2n) is 18.1. The number of rotatable bonds is 20. The molecule has 4 fully saturated rings. The highest BCUT2D eigenvalue weighted by atomic mass is 16.5. The molecule has 1 amide bonds. The van der Waals surface area contributed by atoms with Gasteiger partial charge in [0.2, 0.25) is 5.91 Å². The number of aliphatic hydroxyl groups excluding tert-OH is 1. The van der Waals surface area contributed by atoms with E-state index in [1.165, 1.54) is 78.1 Å². The van der Waals surface area contributed by atoms with Crippen LogP contribution >= 0.6 is 0 Å². The number of carbonyl (C=O) groups is 3. The highest BCUT2D eigenvalue weighted by Gasteiger charge is 2.66. The van der Waals surface area contributed by atoms with E-state index >= 15 is 0 Å². The topological polar surface area (TPSA) is 93.1 Å². The van der Waals surface area contributed by atoms with E-state index < -0.39 is 6.10 Å². The van der Waals surface area contributed by atoms with Gasteiger partial charge < -0.3 is 19.5 Å². The van der Waals surface area contributed by atoms with Gasteiger partial charge in [0.1, 0.15) is 12.2 Å². The minimum Gasteiger partial charge on any atom is -0.463 e. The van der Waals surface area contributed by atoms with Crippen molar-refractivity contribution in [2.75, 3.05) is 13.1 Å². The molecular weight excluding hydrogens is 638 g/mol. The maximum atomic E-state index is 13.8. The molecule has 294 valence electrons. The maximum Gasteiger partial charge on any atom is 0.302 e. The van der Waals surface area contributed by atoms with Gasteiger partial charge in [0, 0.05) is 39.3 Å². The normalized spacial score (nSPS) is 34.9. The first-order chi connectivity index (χ1) is 24.4. The van der Waals surface area contributed by atoms with Crippen molar-refractivity contribution in [3.8, 4) is 0 Å². The number of fused-ring (bicyclic) bond motifs is 5. The van der Waals surface area contributed by atoms with E-state index in [9.17, 15) is 19.5 Å². The van der Waals surface area contributed by atoms with E-state index in [0.717, 1.165) is 77.3 Å². The molecular formula is C44H77NO6. The van der Waals surface area contributed by atoms with Crippen LogP contribution in [-0.4, -0.2) is 59.3 Å². The first-order valence-corrected chi connectivity index (χ1v) is 21.7. The molecule has 0 aromatic heterocycles. The van der Waals surface area contributed by atoms with E-state index in [0.29, 0.717) is 24.2 Å². The van der Waals surface area contributed by atoms with Gasteiger partial charge in [-0.15, -0.1) is 0 Å². The number of nitrogens with zero attached hydrogens (tertiary/aromatic N) is 1. The number of unbranched alkanes of at least 4 members (excludes halogenated alkanes) is 10. The van der Waals surface area contributed by atoms with Crippen LogP contribution in [0.1, 0.15) is 183 Å². The summed E-state index contributed by atoms with van der Waals surface area (Å²) in [5.41, 5.74) is -0.247. The van der Waals surface area contributed by atoms with Crippen molar-refractivity contribution in [2.24, 2.45) is 46.3 Å². The number of esters is 2. The Morgan fingerprint density at radius 3 is 1.94 bits per heavy atom. The van der Waals surface area contributed by atoms with Gasteiger partial charge in [-0.1, -0.05) is 98.8 Å². The summed E-state index contributed by atoms with van der Waals surface area (Å²) in [6.07, 6.45) is 21.9. The van der Waals surface area contributed by atoms with E-state index in [2.05, 4.69) is 39.5 Å². The van der Waals surface area contributed by atoms with E-state index in [1.807, 2.05) is 0 Å². The molecule has 0 aromatic carbocycles. The van der Waals surface area contributed by atoms with Crippen molar-refractivity contribution >= 4 is 17.8 Å². The van der Waals surface area contributed by atoms with Gasteiger partial charge in [0.25, 0.3) is 0 Å². The summed E-state index contributed by atoms with van der Waals surface area (Å²) in [7, 11) is 0. The maximum absolute atomic E-state index is 13.8. The summed E-state index contributed by atoms with van der Waals surface area (Å²) in [6, 6.07) is 0. The van der Waals surface area contributed by atoms with E-state index in [1.54, 1.807) is 0 Å². The molecule has 7 heteroatoms. The molecule has 0 radical (unpaired) electrons. The Morgan fingerprint density at radius 1 is 0.765 bits per heavy atom. The third kappa shape index (κ3) is 10.3. The smallest absolute Gasteiger partial charge is 0.302 e. The molecule has 11 atom stereocenters. The number of ether oxygens (including phenoxy) is 2. The van der Waals surface area contributed by atoms with Crippen molar-refractivity contribution in [1.29, 1.82) is 0 Å². The molecule has 4 aliphatic rings. The summed E-state index contributed by atoms with van der Waals surface area (Å²) in [6.45, 7) is 16.4. The van der Waals surface area contributed by atoms with Crippen LogP contribution in [0.5, 0.6) is 0 Å². The minimum absolute atomic E-state index is 0.0197. The molecule has 0 aliphatic heterocycles. The summed E-state index contributed by atoms with van der Waals surface area (Å²) < 4.78 is 11.9. The van der Waals surface area contributed by atoms with Crippen molar-refractivity contribution < 1.29 is 29.0 Å². The minimum atomic E-state index is -0.425. The lowest BCUT2D eigenvalue weighted by atomic mass is 9.43. The number of hydrogen-bond acceptors (Lipinski definition) is 6. The molecule has 4 aliphatic carbocycles. The zero-order chi connectivity index (χ0) is 37.2. The average Bonchev–Trinajstić information content (AvgIpc) is 3.44. The van der Waals surface area contributed by atoms with E-state index in [-0.39, 0.29) is 58.6 Å². The van der Waals surface area contributed by atoms with Gasteiger partial charge >= 0.3 is 11.9 Å². The van der Waals surface area contributed by atoms with Gasteiger partial charge in [-0.3, -0.25) is 14.4 Å². The van der Waals surface area contributed by atoms with Gasteiger partial charge in [-0.25, -0.2) is 0 Å². The second kappa shape index (κ2) is 19.6. The molecule has 4 rings (SSSR count). The third-order valence-electron chi connectivity index (χ3n) is 14.9. The fourth-order valence-electron chi connectivity index (χ4n) is 12.0. The monoisotopic (exact) mass is 716 g/mol. The zero-order valence-corrected chi connectivity index (χ0v) is 33.9. The van der Waals surface area contributed by atoms with Gasteiger partial charge in [0.05, 0.1) is 6.10 Å². The van der Waals surface area contributed by atoms with Crippen molar-refractivity contribution in [1.82, 2.24) is 4.90 Å². The zero-order valence-electron chi connectivity index (χ0n) is 33.9. The van der Waals surface area contributed by atoms with Crippen LogP contribution < -0.4 is 0 Å². The molecule has 51 heavy (non-hydrogen) atoms. The Bertz CT molecular complexity index is 1100. The molecule has 0 aromatic rings. The number of amides is 1. The van der Waals surface area contributed by atoms with Crippen molar-refractivity contribution in [3.05, 3.63) is 0 Å². The van der Waals surface area contributed by atoms with Crippen LogP contribution in [0, 0.1) is 46.3 Å². The molecule has 4 saturated carbocycles. The first-order valence-electron chi connectivity index (χ1n) is 21.7. The summed E-state index contributed by atoms with van der Waals surface area (Å²) in [4.78, 5) is 40.3. The molecule has 0 unspecified atom stereocenters. The summed E-state index contributed by atoms with van der Waals surface area (Å²) >= 11 is 0. The Kier molecular flexibility index (Phi) is 16.2. The fourth-order valence-corrected chi connectivity index (χ4v) is 12.0. The number of carbonyl (C=O) groups excluding carboxylic acids is 3. The van der Waals surface area contributed by atoms with Crippen LogP contribution in [-0.2, 0) is 23.9 Å². The summed E-state index contributed by atoms with van der Waals surface area (Å²) in [5, 5.41) is 12.2. The SMILES string of the molecule is CCCCCCCCN(CCCCCCCC)C(=O)CC[C@@H](C)[C@H]1CC[C@H]2[C@@H]3[C@H](OC(C)=O)C[C@@H]4C[C@H](OC(C)=O)CC[C@]4(C)[C@H]3C[C@H](O)[C@]12C. The van der Waals surface area contributed by atoms with Crippen molar-refractivity contribution in [2.45, 2.75) is 202 Å². The van der Waals surface area contributed by atoms with Crippen LogP contribution in [0.3, 0.4) is 0 Å². The molecule has 0 heterocycles. The van der Waals surface area contributed by atoms with Gasteiger partial charge in [-0.05, 0) is 105 Å². The Hall–Kier alpha value is -1.63. The van der Waals surface area contributed by atoms with E-state index in [4.69, 9.17) is 9.47 Å². The fraction of sp³-hybridized carbons (Fsp3) is 0.932. The predicted octanol–water partition coefficient (Wildman–Crippen LogP) is 10.1. The Morgan fingerprint density at radius 2 is 1.35 bits per heavy atom. The first kappa shape index (κ1) is 42.1. The highest BCUT2D eigenvalue weighted by Crippen LogP contribution is 2.69. The molecule has 1 N–H and O–H groups in total.